The Morgan fingerprint density at radius 2 is 2.33 bits per heavy atom. The third-order valence-corrected chi connectivity index (χ3v) is 2.77. The van der Waals surface area contributed by atoms with E-state index in [2.05, 4.69) is 6.92 Å². The molecule has 0 aromatic rings. The molecule has 0 spiro atoms. The predicted octanol–water partition coefficient (Wildman–Crippen LogP) is 1.07. The highest BCUT2D eigenvalue weighted by atomic mass is 16.5. The van der Waals surface area contributed by atoms with Crippen LogP contribution in [0.1, 0.15) is 32.6 Å². The molecule has 3 unspecified atom stereocenters. The summed E-state index contributed by atoms with van der Waals surface area (Å²) in [5, 5.41) is 0. The molecule has 0 amide bonds. The van der Waals surface area contributed by atoms with Gasteiger partial charge in [-0.15, -0.1) is 0 Å². The number of rotatable bonds is 3. The van der Waals surface area contributed by atoms with E-state index < -0.39 is 0 Å². The summed E-state index contributed by atoms with van der Waals surface area (Å²) in [4.78, 5) is 10.1. The van der Waals surface area contributed by atoms with Crippen molar-refractivity contribution in [2.24, 2.45) is 11.7 Å². The first-order valence-corrected chi connectivity index (χ1v) is 4.62. The zero-order chi connectivity index (χ0) is 8.97. The van der Waals surface area contributed by atoms with Gasteiger partial charge in [0.15, 0.2) is 0 Å². The van der Waals surface area contributed by atoms with Crippen LogP contribution in [0.5, 0.6) is 0 Å². The van der Waals surface area contributed by atoms with Crippen molar-refractivity contribution in [1.29, 1.82) is 0 Å². The molecule has 0 saturated heterocycles. The van der Waals surface area contributed by atoms with Crippen LogP contribution < -0.4 is 5.73 Å². The molecule has 12 heavy (non-hydrogen) atoms. The lowest BCUT2D eigenvalue weighted by atomic mass is 9.82. The maximum absolute atomic E-state index is 10.1. The molecule has 1 aliphatic rings. The van der Waals surface area contributed by atoms with Crippen molar-refractivity contribution >= 4 is 6.47 Å². The zero-order valence-corrected chi connectivity index (χ0v) is 7.53. The highest BCUT2D eigenvalue weighted by molar-refractivity contribution is 5.37. The minimum absolute atomic E-state index is 0.0697. The standard InChI is InChI=1S/C9H17NO2/c1-2-7-3-4-8(12-6-11)5-9(7)10/h6-9H,2-5,10H2,1H3. The quantitative estimate of drug-likeness (QED) is 0.646. The molecule has 0 aromatic heterocycles. The Kier molecular flexibility index (Phi) is 3.53. The largest absolute Gasteiger partial charge is 0.465 e. The molecule has 3 heteroatoms. The summed E-state index contributed by atoms with van der Waals surface area (Å²) < 4.78 is 4.89. The van der Waals surface area contributed by atoms with E-state index in [-0.39, 0.29) is 12.1 Å². The van der Waals surface area contributed by atoms with Gasteiger partial charge < -0.3 is 10.5 Å². The van der Waals surface area contributed by atoms with Gasteiger partial charge in [0.2, 0.25) is 0 Å². The number of carbonyl (C=O) groups excluding carboxylic acids is 1. The van der Waals surface area contributed by atoms with Gasteiger partial charge in [-0.2, -0.15) is 0 Å². The van der Waals surface area contributed by atoms with Crippen LogP contribution in [0, 0.1) is 5.92 Å². The Bertz CT molecular complexity index is 149. The van der Waals surface area contributed by atoms with Gasteiger partial charge in [-0.25, -0.2) is 0 Å². The van der Waals surface area contributed by atoms with Crippen LogP contribution in [0.25, 0.3) is 0 Å². The van der Waals surface area contributed by atoms with Crippen molar-refractivity contribution in [3.8, 4) is 0 Å². The lowest BCUT2D eigenvalue weighted by Crippen LogP contribution is -2.39. The Labute approximate surface area is 73.3 Å². The van der Waals surface area contributed by atoms with Crippen molar-refractivity contribution < 1.29 is 9.53 Å². The lowest BCUT2D eigenvalue weighted by molar-refractivity contribution is -0.135. The van der Waals surface area contributed by atoms with Crippen molar-refractivity contribution in [3.63, 3.8) is 0 Å². The second-order valence-electron chi connectivity index (χ2n) is 3.50. The Hall–Kier alpha value is -0.570. The molecule has 2 N–H and O–H groups in total. The predicted molar refractivity (Wildman–Crippen MR) is 46.5 cm³/mol. The third kappa shape index (κ3) is 2.21. The van der Waals surface area contributed by atoms with Gasteiger partial charge in [-0.05, 0) is 25.2 Å². The Morgan fingerprint density at radius 3 is 2.83 bits per heavy atom. The van der Waals surface area contributed by atoms with Crippen LogP contribution in [-0.2, 0) is 9.53 Å². The molecule has 1 rings (SSSR count). The van der Waals surface area contributed by atoms with Crippen LogP contribution in [0.3, 0.4) is 0 Å². The fraction of sp³-hybridized carbons (Fsp3) is 0.889. The van der Waals surface area contributed by atoms with E-state index in [0.717, 1.165) is 25.7 Å². The minimum Gasteiger partial charge on any atom is -0.465 e. The second-order valence-corrected chi connectivity index (χ2v) is 3.50. The summed E-state index contributed by atoms with van der Waals surface area (Å²) in [6.07, 6.45) is 4.10. The number of nitrogens with two attached hydrogens (primary N) is 1. The van der Waals surface area contributed by atoms with Crippen molar-refractivity contribution in [1.82, 2.24) is 0 Å². The first-order chi connectivity index (χ1) is 5.77. The van der Waals surface area contributed by atoms with Crippen molar-refractivity contribution in [2.45, 2.75) is 44.8 Å². The Morgan fingerprint density at radius 1 is 1.58 bits per heavy atom. The normalized spacial score (nSPS) is 36.0. The fourth-order valence-electron chi connectivity index (χ4n) is 1.94. The second kappa shape index (κ2) is 4.45. The van der Waals surface area contributed by atoms with Gasteiger partial charge in [0.1, 0.15) is 6.10 Å². The molecule has 3 nitrogen and oxygen atoms in total. The van der Waals surface area contributed by atoms with Gasteiger partial charge in [-0.1, -0.05) is 13.3 Å². The van der Waals surface area contributed by atoms with Crippen LogP contribution >= 0.6 is 0 Å². The average molecular weight is 171 g/mol. The van der Waals surface area contributed by atoms with E-state index in [1.807, 2.05) is 0 Å². The number of hydrogen-bond acceptors (Lipinski definition) is 3. The van der Waals surface area contributed by atoms with Gasteiger partial charge in [0.05, 0.1) is 0 Å². The van der Waals surface area contributed by atoms with E-state index in [1.54, 1.807) is 0 Å². The molecule has 1 fully saturated rings. The summed E-state index contributed by atoms with van der Waals surface area (Å²) in [5.74, 6) is 0.622. The van der Waals surface area contributed by atoms with E-state index in [4.69, 9.17) is 10.5 Å². The molecule has 0 aromatic carbocycles. The van der Waals surface area contributed by atoms with Crippen molar-refractivity contribution in [2.75, 3.05) is 0 Å². The van der Waals surface area contributed by atoms with E-state index in [0.29, 0.717) is 12.4 Å². The third-order valence-electron chi connectivity index (χ3n) is 2.77. The maximum atomic E-state index is 10.1. The van der Waals surface area contributed by atoms with Crippen molar-refractivity contribution in [3.05, 3.63) is 0 Å². The van der Waals surface area contributed by atoms with E-state index in [9.17, 15) is 4.79 Å². The molecule has 1 saturated carbocycles. The highest BCUT2D eigenvalue weighted by Gasteiger charge is 2.27. The van der Waals surface area contributed by atoms with Crippen LogP contribution in [0.2, 0.25) is 0 Å². The van der Waals surface area contributed by atoms with Crippen LogP contribution in [0.15, 0.2) is 0 Å². The number of hydrogen-bond donors (Lipinski definition) is 1. The van der Waals surface area contributed by atoms with E-state index >= 15 is 0 Å². The summed E-state index contributed by atoms with van der Waals surface area (Å²) >= 11 is 0. The molecule has 0 heterocycles. The molecule has 0 radical (unpaired) electrons. The van der Waals surface area contributed by atoms with Gasteiger partial charge >= 0.3 is 0 Å². The monoisotopic (exact) mass is 171 g/mol. The average Bonchev–Trinajstić information content (AvgIpc) is 2.05. The number of carbonyl (C=O) groups is 1. The summed E-state index contributed by atoms with van der Waals surface area (Å²) in [6, 6.07) is 0.216. The molecule has 70 valence electrons. The molecule has 3 atom stereocenters. The summed E-state index contributed by atoms with van der Waals surface area (Å²) in [6.45, 7) is 2.69. The maximum Gasteiger partial charge on any atom is 0.293 e. The zero-order valence-electron chi connectivity index (χ0n) is 7.53. The highest BCUT2D eigenvalue weighted by Crippen LogP contribution is 2.26. The summed E-state index contributed by atoms with van der Waals surface area (Å²) in [5.41, 5.74) is 5.91. The topological polar surface area (TPSA) is 52.3 Å². The van der Waals surface area contributed by atoms with Gasteiger partial charge in [-0.3, -0.25) is 4.79 Å². The SMILES string of the molecule is CCC1CCC(OC=O)CC1N. The van der Waals surface area contributed by atoms with Crippen LogP contribution in [0.4, 0.5) is 0 Å². The lowest BCUT2D eigenvalue weighted by Gasteiger charge is -2.32. The minimum atomic E-state index is 0.0697. The first kappa shape index (κ1) is 9.52. The van der Waals surface area contributed by atoms with Gasteiger partial charge in [0.25, 0.3) is 6.47 Å². The first-order valence-electron chi connectivity index (χ1n) is 4.62. The molecule has 0 aliphatic heterocycles. The fourth-order valence-corrected chi connectivity index (χ4v) is 1.94. The smallest absolute Gasteiger partial charge is 0.293 e. The molecule has 1 aliphatic carbocycles. The molecule has 0 bridgehead atoms. The molecular formula is C9H17NO2. The van der Waals surface area contributed by atoms with Crippen LogP contribution in [-0.4, -0.2) is 18.6 Å². The Balaban J connectivity index is 2.34. The number of ether oxygens (including phenoxy) is 1. The summed E-state index contributed by atoms with van der Waals surface area (Å²) in [7, 11) is 0. The van der Waals surface area contributed by atoms with E-state index in [1.165, 1.54) is 0 Å². The molecular weight excluding hydrogens is 154 g/mol. The van der Waals surface area contributed by atoms with Gasteiger partial charge in [0, 0.05) is 6.04 Å².